The molecule has 0 atom stereocenters. The normalized spacial score (nSPS) is 11.3. The molecule has 3 heterocycles. The second kappa shape index (κ2) is 17.2. The van der Waals surface area contributed by atoms with Crippen molar-refractivity contribution in [2.75, 3.05) is 0 Å². The van der Waals surface area contributed by atoms with E-state index in [1.165, 1.54) is 0 Å². The van der Waals surface area contributed by atoms with Gasteiger partial charge in [0.1, 0.15) is 5.69 Å². The van der Waals surface area contributed by atoms with Crippen molar-refractivity contribution >= 4 is 16.3 Å². The van der Waals surface area contributed by atoms with Crippen LogP contribution in [0.3, 0.4) is 0 Å². The number of fused-ring (bicyclic) bond motifs is 3. The van der Waals surface area contributed by atoms with E-state index < -0.39 is 0 Å². The molecule has 0 unspecified atom stereocenters. The van der Waals surface area contributed by atoms with Gasteiger partial charge in [0.05, 0.1) is 22.6 Å². The van der Waals surface area contributed by atoms with Gasteiger partial charge in [0, 0.05) is 44.3 Å². The van der Waals surface area contributed by atoms with Crippen LogP contribution in [-0.4, -0.2) is 19.6 Å². The van der Waals surface area contributed by atoms with Crippen LogP contribution in [0, 0.1) is 0 Å². The summed E-state index contributed by atoms with van der Waals surface area (Å²) in [6, 6.07) is 89.8. The highest BCUT2D eigenvalue weighted by atomic mass is 15.2. The van der Waals surface area contributed by atoms with E-state index in [0.29, 0.717) is 5.82 Å². The molecule has 4 nitrogen and oxygen atoms in total. The Kier molecular flexibility index (Phi) is 10.2. The van der Waals surface area contributed by atoms with Gasteiger partial charge in [0.2, 0.25) is 0 Å². The Bertz CT molecular complexity index is 3630. The van der Waals surface area contributed by atoms with Gasteiger partial charge >= 0.3 is 0 Å². The summed E-state index contributed by atoms with van der Waals surface area (Å²) in [4.78, 5) is 10.6. The Morgan fingerprint density at radius 3 is 1.22 bits per heavy atom. The van der Waals surface area contributed by atoms with Gasteiger partial charge in [0.15, 0.2) is 5.82 Å². The molecule has 0 aliphatic heterocycles. The summed E-state index contributed by atoms with van der Waals surface area (Å²) in [5.74, 6) is 0.657. The Morgan fingerprint density at radius 1 is 0.269 bits per heavy atom. The maximum Gasteiger partial charge on any atom is 0.160 e. The SMILES string of the molecule is c1ccc(-c2cc(-c3ccccc3)cc(-c3cc(-c4ccccc4)nc(-c4ccc(-c5c(-c6ccccc6)n6nc(-c7ccccc7)c(-c7ccccc7)c6c6ccccc56)cc4)n3)c2)cc1. The Morgan fingerprint density at radius 2 is 0.672 bits per heavy atom. The third kappa shape index (κ3) is 7.47. The Labute approximate surface area is 389 Å². The Balaban J connectivity index is 1.06. The van der Waals surface area contributed by atoms with Crippen LogP contribution >= 0.6 is 0 Å². The van der Waals surface area contributed by atoms with E-state index >= 15 is 0 Å². The maximum absolute atomic E-state index is 5.56. The molecule has 12 aromatic rings. The van der Waals surface area contributed by atoms with Gasteiger partial charge < -0.3 is 0 Å². The average molecular weight is 855 g/mol. The molecule has 0 fully saturated rings. The largest absolute Gasteiger partial charge is 0.231 e. The quantitative estimate of drug-likeness (QED) is 0.145. The highest BCUT2D eigenvalue weighted by molar-refractivity contribution is 6.15. The van der Waals surface area contributed by atoms with E-state index in [1.54, 1.807) is 0 Å². The molecule has 0 bridgehead atoms. The van der Waals surface area contributed by atoms with Crippen LogP contribution in [0.2, 0.25) is 0 Å². The highest BCUT2D eigenvalue weighted by Gasteiger charge is 2.25. The number of hydrogen-bond acceptors (Lipinski definition) is 3. The molecule has 0 saturated heterocycles. The zero-order valence-corrected chi connectivity index (χ0v) is 36.5. The van der Waals surface area contributed by atoms with Crippen molar-refractivity contribution in [3.05, 3.63) is 255 Å². The summed E-state index contributed by atoms with van der Waals surface area (Å²) >= 11 is 0. The van der Waals surface area contributed by atoms with Crippen molar-refractivity contribution in [2.24, 2.45) is 0 Å². The van der Waals surface area contributed by atoms with Crippen LogP contribution in [0.15, 0.2) is 255 Å². The zero-order chi connectivity index (χ0) is 44.5. The lowest BCUT2D eigenvalue weighted by atomic mass is 9.91. The molecule has 12 rings (SSSR count). The molecular weight excluding hydrogens is 813 g/mol. The first-order chi connectivity index (χ1) is 33.2. The van der Waals surface area contributed by atoms with Crippen molar-refractivity contribution in [3.8, 4) is 101 Å². The fourth-order valence-electron chi connectivity index (χ4n) is 9.44. The lowest BCUT2D eigenvalue weighted by Crippen LogP contribution is -2.00. The van der Waals surface area contributed by atoms with E-state index in [1.807, 2.05) is 6.07 Å². The fraction of sp³-hybridized carbons (Fsp3) is 0. The van der Waals surface area contributed by atoms with Gasteiger partial charge in [-0.15, -0.1) is 0 Å². The highest BCUT2D eigenvalue weighted by Crippen LogP contribution is 2.46. The van der Waals surface area contributed by atoms with Gasteiger partial charge in [0.25, 0.3) is 0 Å². The standard InChI is InChI=1S/C63H42N4/c1-7-21-43(22-8-1)51-39-52(44-23-9-2-10-24-44)41-53(40-51)57-42-56(45-25-11-3-12-26-45)64-63(65-57)50-37-35-47(36-38-50)58-54-33-19-20-34-55(54)62-59(46-27-13-4-14-28-46)60(48-29-15-5-16-30-48)66-67(62)61(58)49-31-17-6-18-32-49/h1-42H. The summed E-state index contributed by atoms with van der Waals surface area (Å²) in [6.07, 6.45) is 0. The predicted octanol–water partition coefficient (Wildman–Crippen LogP) is 16.3. The minimum absolute atomic E-state index is 0.657. The van der Waals surface area contributed by atoms with Crippen LogP contribution in [-0.2, 0) is 0 Å². The van der Waals surface area contributed by atoms with Crippen LogP contribution in [0.25, 0.3) is 117 Å². The minimum Gasteiger partial charge on any atom is -0.231 e. The van der Waals surface area contributed by atoms with Gasteiger partial charge in [-0.05, 0) is 63.0 Å². The molecule has 9 aromatic carbocycles. The number of hydrogen-bond donors (Lipinski definition) is 0. The first-order valence-corrected chi connectivity index (χ1v) is 22.7. The molecule has 0 N–H and O–H groups in total. The van der Waals surface area contributed by atoms with E-state index in [9.17, 15) is 0 Å². The molecule has 0 amide bonds. The molecule has 67 heavy (non-hydrogen) atoms. The molecule has 0 radical (unpaired) electrons. The van der Waals surface area contributed by atoms with Crippen LogP contribution in [0.1, 0.15) is 0 Å². The molecule has 314 valence electrons. The average Bonchev–Trinajstić information content (AvgIpc) is 3.83. The summed E-state index contributed by atoms with van der Waals surface area (Å²) in [5, 5.41) is 7.84. The van der Waals surface area contributed by atoms with Crippen molar-refractivity contribution in [1.82, 2.24) is 19.6 Å². The first-order valence-electron chi connectivity index (χ1n) is 22.7. The van der Waals surface area contributed by atoms with Gasteiger partial charge in [-0.1, -0.05) is 231 Å². The summed E-state index contributed by atoms with van der Waals surface area (Å²) in [5.41, 5.74) is 18.9. The first kappa shape index (κ1) is 39.6. The number of rotatable bonds is 9. The monoisotopic (exact) mass is 854 g/mol. The van der Waals surface area contributed by atoms with Crippen LogP contribution < -0.4 is 0 Å². The van der Waals surface area contributed by atoms with Gasteiger partial charge in [-0.25, -0.2) is 14.5 Å². The second-order valence-electron chi connectivity index (χ2n) is 16.8. The molecule has 0 spiro atoms. The number of nitrogens with zero attached hydrogens (tertiary/aromatic N) is 4. The Hall–Kier alpha value is -8.99. The van der Waals surface area contributed by atoms with Gasteiger partial charge in [-0.3, -0.25) is 0 Å². The van der Waals surface area contributed by atoms with Gasteiger partial charge in [-0.2, -0.15) is 5.10 Å². The van der Waals surface area contributed by atoms with Crippen LogP contribution in [0.4, 0.5) is 0 Å². The number of pyridine rings is 1. The molecule has 0 aliphatic rings. The minimum atomic E-state index is 0.657. The summed E-state index contributed by atoms with van der Waals surface area (Å²) < 4.78 is 2.19. The van der Waals surface area contributed by atoms with E-state index in [4.69, 9.17) is 15.1 Å². The third-order valence-electron chi connectivity index (χ3n) is 12.6. The molecule has 3 aromatic heterocycles. The lowest BCUT2D eigenvalue weighted by molar-refractivity contribution is 0.981. The van der Waals surface area contributed by atoms with E-state index in [0.717, 1.165) is 111 Å². The van der Waals surface area contributed by atoms with E-state index in [-0.39, 0.29) is 0 Å². The third-order valence-corrected chi connectivity index (χ3v) is 12.6. The van der Waals surface area contributed by atoms with Crippen molar-refractivity contribution in [1.29, 1.82) is 0 Å². The lowest BCUT2D eigenvalue weighted by Gasteiger charge is -2.18. The number of aromatic nitrogens is 4. The molecule has 0 saturated carbocycles. The summed E-state index contributed by atoms with van der Waals surface area (Å²) in [7, 11) is 0. The molecule has 0 aliphatic carbocycles. The van der Waals surface area contributed by atoms with Crippen molar-refractivity contribution < 1.29 is 0 Å². The van der Waals surface area contributed by atoms with Crippen LogP contribution in [0.5, 0.6) is 0 Å². The summed E-state index contributed by atoms with van der Waals surface area (Å²) in [6.45, 7) is 0. The zero-order valence-electron chi connectivity index (χ0n) is 36.5. The molecule has 4 heteroatoms. The molecular formula is C63H42N4. The maximum atomic E-state index is 5.56. The van der Waals surface area contributed by atoms with Crippen molar-refractivity contribution in [2.45, 2.75) is 0 Å². The topological polar surface area (TPSA) is 43.1 Å². The van der Waals surface area contributed by atoms with E-state index in [2.05, 4.69) is 253 Å². The number of benzene rings is 9. The van der Waals surface area contributed by atoms with Crippen molar-refractivity contribution in [3.63, 3.8) is 0 Å². The predicted molar refractivity (Wildman–Crippen MR) is 277 cm³/mol. The fourth-order valence-corrected chi connectivity index (χ4v) is 9.44. The second-order valence-corrected chi connectivity index (χ2v) is 16.8. The smallest absolute Gasteiger partial charge is 0.160 e.